The lowest BCUT2D eigenvalue weighted by Crippen LogP contribution is -2.42. The number of rotatable bonds is 3. The van der Waals surface area contributed by atoms with E-state index in [2.05, 4.69) is 15.0 Å². The number of anilines is 1. The summed E-state index contributed by atoms with van der Waals surface area (Å²) in [7, 11) is 0. The quantitative estimate of drug-likeness (QED) is 0.673. The van der Waals surface area contributed by atoms with Crippen LogP contribution in [0.3, 0.4) is 0 Å². The highest BCUT2D eigenvalue weighted by atomic mass is 19.4. The van der Waals surface area contributed by atoms with E-state index in [1.807, 2.05) is 0 Å². The van der Waals surface area contributed by atoms with Crippen LogP contribution in [0.25, 0.3) is 17.2 Å². The van der Waals surface area contributed by atoms with E-state index in [0.29, 0.717) is 19.4 Å². The van der Waals surface area contributed by atoms with E-state index in [-0.39, 0.29) is 29.5 Å². The molecular weight excluding hydrogens is 392 g/mol. The summed E-state index contributed by atoms with van der Waals surface area (Å²) in [5, 5.41) is 0. The minimum atomic E-state index is -4.53. The zero-order chi connectivity index (χ0) is 20.8. The number of hydrogen-bond acceptors (Lipinski definition) is 5. The largest absolute Gasteiger partial charge is 0.417 e. The zero-order valence-corrected chi connectivity index (χ0v) is 15.0. The summed E-state index contributed by atoms with van der Waals surface area (Å²) in [5.41, 5.74) is 4.98. The smallest absolute Gasteiger partial charge is 0.369 e. The van der Waals surface area contributed by atoms with Crippen molar-refractivity contribution in [1.29, 1.82) is 0 Å². The van der Waals surface area contributed by atoms with E-state index < -0.39 is 29.4 Å². The van der Waals surface area contributed by atoms with Crippen LogP contribution in [0.2, 0.25) is 0 Å². The van der Waals surface area contributed by atoms with Crippen molar-refractivity contribution in [3.8, 4) is 11.5 Å². The van der Waals surface area contributed by atoms with Crippen molar-refractivity contribution < 1.29 is 22.4 Å². The lowest BCUT2D eigenvalue weighted by molar-refractivity contribution is -0.137. The number of carbonyl (C=O) groups is 1. The van der Waals surface area contributed by atoms with Gasteiger partial charge in [-0.3, -0.25) is 9.20 Å². The molecule has 0 bridgehead atoms. The Morgan fingerprint density at radius 2 is 2.00 bits per heavy atom. The van der Waals surface area contributed by atoms with Crippen LogP contribution in [0.1, 0.15) is 18.4 Å². The molecule has 1 saturated heterocycles. The van der Waals surface area contributed by atoms with Gasteiger partial charge in [0.15, 0.2) is 17.5 Å². The third-order valence-electron chi connectivity index (χ3n) is 4.91. The molecule has 2 N–H and O–H groups in total. The minimum absolute atomic E-state index is 0.0226. The molecular formula is C18H16F4N6O. The molecule has 0 radical (unpaired) electrons. The number of nitrogens with two attached hydrogens (primary N) is 1. The van der Waals surface area contributed by atoms with Gasteiger partial charge in [0.05, 0.1) is 23.9 Å². The first-order valence-electron chi connectivity index (χ1n) is 8.85. The fourth-order valence-electron chi connectivity index (χ4n) is 3.42. The summed E-state index contributed by atoms with van der Waals surface area (Å²) in [6, 6.07) is 2.17. The highest BCUT2D eigenvalue weighted by Crippen LogP contribution is 2.31. The molecule has 7 nitrogen and oxygen atoms in total. The molecule has 3 aromatic rings. The maximum Gasteiger partial charge on any atom is 0.417 e. The molecule has 1 aliphatic rings. The summed E-state index contributed by atoms with van der Waals surface area (Å²) in [5.74, 6) is -1.58. The Labute approximate surface area is 162 Å². The molecule has 0 spiro atoms. The molecule has 0 aliphatic carbocycles. The fourth-order valence-corrected chi connectivity index (χ4v) is 3.42. The molecule has 0 saturated carbocycles. The van der Waals surface area contributed by atoms with Gasteiger partial charge in [0.2, 0.25) is 5.91 Å². The van der Waals surface area contributed by atoms with Crippen molar-refractivity contribution >= 4 is 17.4 Å². The third kappa shape index (κ3) is 3.59. The number of primary amides is 1. The van der Waals surface area contributed by atoms with E-state index in [1.165, 1.54) is 16.7 Å². The summed E-state index contributed by atoms with van der Waals surface area (Å²) >= 11 is 0. The summed E-state index contributed by atoms with van der Waals surface area (Å²) in [6.45, 7) is 0.691. The van der Waals surface area contributed by atoms with E-state index in [9.17, 15) is 22.4 Å². The molecule has 1 unspecified atom stereocenters. The van der Waals surface area contributed by atoms with Gasteiger partial charge in [-0.05, 0) is 25.0 Å². The van der Waals surface area contributed by atoms with Crippen LogP contribution >= 0.6 is 0 Å². The second kappa shape index (κ2) is 6.98. The molecule has 4 rings (SSSR count). The lowest BCUT2D eigenvalue weighted by atomic mass is 9.97. The highest BCUT2D eigenvalue weighted by Gasteiger charge is 2.31. The van der Waals surface area contributed by atoms with Crippen LogP contribution < -0.4 is 10.6 Å². The van der Waals surface area contributed by atoms with Crippen LogP contribution in [-0.4, -0.2) is 38.3 Å². The normalized spacial score (nSPS) is 17.7. The summed E-state index contributed by atoms with van der Waals surface area (Å²) < 4.78 is 54.8. The topological polar surface area (TPSA) is 89.4 Å². The van der Waals surface area contributed by atoms with Gasteiger partial charge in [-0.15, -0.1) is 0 Å². The number of alkyl halides is 3. The average molecular weight is 408 g/mol. The van der Waals surface area contributed by atoms with Gasteiger partial charge in [-0.25, -0.2) is 19.3 Å². The van der Waals surface area contributed by atoms with Gasteiger partial charge in [-0.1, -0.05) is 0 Å². The first-order valence-corrected chi connectivity index (χ1v) is 8.85. The second-order valence-corrected chi connectivity index (χ2v) is 6.84. The zero-order valence-electron chi connectivity index (χ0n) is 15.0. The van der Waals surface area contributed by atoms with Crippen LogP contribution in [0.15, 0.2) is 30.7 Å². The number of fused-ring (bicyclic) bond motifs is 1. The number of imidazole rings is 1. The second-order valence-electron chi connectivity index (χ2n) is 6.84. The molecule has 29 heavy (non-hydrogen) atoms. The van der Waals surface area contributed by atoms with Crippen molar-refractivity contribution in [3.05, 3.63) is 42.1 Å². The Morgan fingerprint density at radius 3 is 2.72 bits per heavy atom. The van der Waals surface area contributed by atoms with Crippen LogP contribution in [0, 0.1) is 11.7 Å². The predicted octanol–water partition coefficient (Wildman–Crippen LogP) is 2.65. The van der Waals surface area contributed by atoms with Gasteiger partial charge in [0.25, 0.3) is 0 Å². The molecule has 1 fully saturated rings. The molecule has 11 heteroatoms. The van der Waals surface area contributed by atoms with E-state index in [1.54, 1.807) is 4.90 Å². The third-order valence-corrected chi connectivity index (χ3v) is 4.91. The minimum Gasteiger partial charge on any atom is -0.369 e. The molecule has 0 aromatic carbocycles. The maximum absolute atomic E-state index is 14.4. The van der Waals surface area contributed by atoms with Crippen molar-refractivity contribution in [2.45, 2.75) is 19.0 Å². The average Bonchev–Trinajstić information content (AvgIpc) is 3.11. The van der Waals surface area contributed by atoms with Crippen LogP contribution in [0.5, 0.6) is 0 Å². The van der Waals surface area contributed by atoms with Gasteiger partial charge >= 0.3 is 6.18 Å². The Kier molecular flexibility index (Phi) is 4.59. The van der Waals surface area contributed by atoms with E-state index in [0.717, 1.165) is 18.5 Å². The Balaban J connectivity index is 1.75. The molecule has 4 heterocycles. The summed E-state index contributed by atoms with van der Waals surface area (Å²) in [6.07, 6.45) is -0.0977. The number of halogens is 4. The van der Waals surface area contributed by atoms with Gasteiger partial charge in [0, 0.05) is 19.3 Å². The standard InChI is InChI=1S/C18H16F4N6O/c19-12-6-25-16(26-17(12)27-5-1-2-10(8-27)15(23)29)13-7-24-14-4-3-11(9-28(13)14)18(20,21)22/h3-4,6-7,9-10H,1-2,5,8H2,(H2,23,29). The van der Waals surface area contributed by atoms with Gasteiger partial charge < -0.3 is 10.6 Å². The number of carbonyl (C=O) groups excluding carboxylic acids is 1. The SMILES string of the molecule is NC(=O)C1CCCN(c2nc(-c3cnc4ccc(C(F)(F)F)cn34)ncc2F)C1. The van der Waals surface area contributed by atoms with Crippen molar-refractivity contribution in [3.63, 3.8) is 0 Å². The Hall–Kier alpha value is -3.24. The molecule has 152 valence electrons. The van der Waals surface area contributed by atoms with Crippen molar-refractivity contribution in [2.75, 3.05) is 18.0 Å². The predicted molar refractivity (Wildman–Crippen MR) is 95.3 cm³/mol. The highest BCUT2D eigenvalue weighted by molar-refractivity contribution is 5.77. The molecule has 1 amide bonds. The number of aromatic nitrogens is 4. The first-order chi connectivity index (χ1) is 13.7. The number of pyridine rings is 1. The molecule has 1 atom stereocenters. The number of piperidine rings is 1. The first kappa shape index (κ1) is 19.1. The van der Waals surface area contributed by atoms with Gasteiger partial charge in [-0.2, -0.15) is 13.2 Å². The number of nitrogens with zero attached hydrogens (tertiary/aromatic N) is 5. The molecule has 1 aliphatic heterocycles. The van der Waals surface area contributed by atoms with E-state index >= 15 is 0 Å². The van der Waals surface area contributed by atoms with Crippen LogP contribution in [-0.2, 0) is 11.0 Å². The maximum atomic E-state index is 14.4. The molecule has 3 aromatic heterocycles. The van der Waals surface area contributed by atoms with Gasteiger partial charge in [0.1, 0.15) is 11.3 Å². The lowest BCUT2D eigenvalue weighted by Gasteiger charge is -2.32. The fraction of sp³-hybridized carbons (Fsp3) is 0.333. The number of amides is 1. The summed E-state index contributed by atoms with van der Waals surface area (Å²) in [4.78, 5) is 25.3. The van der Waals surface area contributed by atoms with Crippen molar-refractivity contribution in [2.24, 2.45) is 11.7 Å². The number of hydrogen-bond donors (Lipinski definition) is 1. The van der Waals surface area contributed by atoms with Crippen molar-refractivity contribution in [1.82, 2.24) is 19.4 Å². The van der Waals surface area contributed by atoms with Crippen LogP contribution in [0.4, 0.5) is 23.4 Å². The monoisotopic (exact) mass is 408 g/mol. The van der Waals surface area contributed by atoms with E-state index in [4.69, 9.17) is 5.73 Å². The Morgan fingerprint density at radius 1 is 1.21 bits per heavy atom. The Bertz CT molecular complexity index is 1080.